The van der Waals surface area contributed by atoms with Crippen LogP contribution in [0.4, 0.5) is 0 Å². The van der Waals surface area contributed by atoms with Crippen LogP contribution in [-0.4, -0.2) is 15.7 Å². The Bertz CT molecular complexity index is 373. The Morgan fingerprint density at radius 1 is 1.47 bits per heavy atom. The Labute approximate surface area is 89.8 Å². The average Bonchev–Trinajstić information content (AvgIpc) is 2.17. The standard InChI is InChI=1S/C11H16N4/c1-11(2,3)10(13)6-8(12)9-4-5-14-7-15-9/h4-7,13H,12H2,1-3H3/b8-6-,13-10?. The number of nitrogens with zero attached hydrogens (tertiary/aromatic N) is 2. The molecule has 0 aromatic carbocycles. The minimum atomic E-state index is -0.197. The molecular formula is C11H16N4. The van der Waals surface area contributed by atoms with Gasteiger partial charge in [0.2, 0.25) is 0 Å². The summed E-state index contributed by atoms with van der Waals surface area (Å²) < 4.78 is 0. The highest BCUT2D eigenvalue weighted by atomic mass is 14.8. The van der Waals surface area contributed by atoms with Crippen molar-refractivity contribution in [2.24, 2.45) is 11.1 Å². The van der Waals surface area contributed by atoms with Gasteiger partial charge in [-0.05, 0) is 12.1 Å². The molecule has 0 aliphatic carbocycles. The molecule has 0 radical (unpaired) electrons. The average molecular weight is 204 g/mol. The SMILES string of the molecule is CC(C)(C)C(=N)/C=C(\N)c1ccncn1. The fourth-order valence-corrected chi connectivity index (χ4v) is 0.907. The highest BCUT2D eigenvalue weighted by Gasteiger charge is 2.15. The first-order valence-corrected chi connectivity index (χ1v) is 4.74. The van der Waals surface area contributed by atoms with E-state index in [1.165, 1.54) is 6.33 Å². The predicted molar refractivity (Wildman–Crippen MR) is 61.4 cm³/mol. The van der Waals surface area contributed by atoms with E-state index in [4.69, 9.17) is 11.1 Å². The lowest BCUT2D eigenvalue weighted by atomic mass is 9.89. The van der Waals surface area contributed by atoms with Crippen LogP contribution >= 0.6 is 0 Å². The van der Waals surface area contributed by atoms with E-state index in [1.807, 2.05) is 20.8 Å². The minimum absolute atomic E-state index is 0.197. The number of hydrogen-bond donors (Lipinski definition) is 2. The van der Waals surface area contributed by atoms with Crippen LogP contribution in [-0.2, 0) is 0 Å². The fourth-order valence-electron chi connectivity index (χ4n) is 0.907. The van der Waals surface area contributed by atoms with Crippen LogP contribution in [0, 0.1) is 10.8 Å². The van der Waals surface area contributed by atoms with Crippen molar-refractivity contribution < 1.29 is 0 Å². The maximum Gasteiger partial charge on any atom is 0.116 e. The Morgan fingerprint density at radius 3 is 2.60 bits per heavy atom. The van der Waals surface area contributed by atoms with Gasteiger partial charge in [0.25, 0.3) is 0 Å². The van der Waals surface area contributed by atoms with Gasteiger partial charge in [0, 0.05) is 17.3 Å². The zero-order valence-electron chi connectivity index (χ0n) is 9.28. The van der Waals surface area contributed by atoms with E-state index >= 15 is 0 Å². The molecule has 0 unspecified atom stereocenters. The number of nitrogens with two attached hydrogens (primary N) is 1. The van der Waals surface area contributed by atoms with Crippen molar-refractivity contribution in [2.45, 2.75) is 20.8 Å². The van der Waals surface area contributed by atoms with Gasteiger partial charge in [-0.3, -0.25) is 0 Å². The van der Waals surface area contributed by atoms with Crippen molar-refractivity contribution in [3.05, 3.63) is 30.4 Å². The molecule has 4 heteroatoms. The maximum atomic E-state index is 7.82. The lowest BCUT2D eigenvalue weighted by Crippen LogP contribution is -2.18. The largest absolute Gasteiger partial charge is 0.397 e. The summed E-state index contributed by atoms with van der Waals surface area (Å²) in [6.07, 6.45) is 4.71. The van der Waals surface area contributed by atoms with Gasteiger partial charge in [0.15, 0.2) is 0 Å². The van der Waals surface area contributed by atoms with Gasteiger partial charge in [-0.1, -0.05) is 20.8 Å². The Morgan fingerprint density at radius 2 is 2.13 bits per heavy atom. The molecule has 0 atom stereocenters. The number of hydrogen-bond acceptors (Lipinski definition) is 4. The van der Waals surface area contributed by atoms with Crippen molar-refractivity contribution in [3.63, 3.8) is 0 Å². The van der Waals surface area contributed by atoms with Crippen molar-refractivity contribution >= 4 is 11.4 Å². The van der Waals surface area contributed by atoms with Crippen LogP contribution in [0.5, 0.6) is 0 Å². The molecule has 0 saturated heterocycles. The predicted octanol–water partition coefficient (Wildman–Crippen LogP) is 1.84. The number of rotatable bonds is 2. The topological polar surface area (TPSA) is 75.7 Å². The monoisotopic (exact) mass is 204 g/mol. The van der Waals surface area contributed by atoms with E-state index in [9.17, 15) is 0 Å². The minimum Gasteiger partial charge on any atom is -0.397 e. The van der Waals surface area contributed by atoms with Gasteiger partial charge < -0.3 is 11.1 Å². The molecule has 1 aromatic rings. The summed E-state index contributed by atoms with van der Waals surface area (Å²) in [6, 6.07) is 1.72. The van der Waals surface area contributed by atoms with E-state index in [-0.39, 0.29) is 5.41 Å². The molecule has 0 saturated carbocycles. The molecule has 1 aromatic heterocycles. The van der Waals surface area contributed by atoms with E-state index in [0.29, 0.717) is 17.1 Å². The molecule has 15 heavy (non-hydrogen) atoms. The Balaban J connectivity index is 2.91. The van der Waals surface area contributed by atoms with E-state index in [2.05, 4.69) is 9.97 Å². The van der Waals surface area contributed by atoms with Gasteiger partial charge >= 0.3 is 0 Å². The smallest absolute Gasteiger partial charge is 0.116 e. The molecular weight excluding hydrogens is 188 g/mol. The zero-order valence-corrected chi connectivity index (χ0v) is 9.28. The molecule has 0 amide bonds. The normalized spacial score (nSPS) is 12.6. The summed E-state index contributed by atoms with van der Waals surface area (Å²) in [4.78, 5) is 7.82. The van der Waals surface area contributed by atoms with Gasteiger partial charge in [0.05, 0.1) is 11.4 Å². The number of allylic oxidation sites excluding steroid dienone is 1. The summed E-state index contributed by atoms with van der Waals surface area (Å²) in [6.45, 7) is 5.91. The van der Waals surface area contributed by atoms with Crippen molar-refractivity contribution in [1.82, 2.24) is 9.97 Å². The lowest BCUT2D eigenvalue weighted by Gasteiger charge is -2.17. The van der Waals surface area contributed by atoms with Crippen LogP contribution < -0.4 is 5.73 Å². The van der Waals surface area contributed by atoms with Crippen molar-refractivity contribution in [2.75, 3.05) is 0 Å². The third kappa shape index (κ3) is 3.16. The Kier molecular flexibility index (Phi) is 3.19. The van der Waals surface area contributed by atoms with Crippen LogP contribution in [0.2, 0.25) is 0 Å². The molecule has 1 rings (SSSR count). The molecule has 3 N–H and O–H groups in total. The first-order chi connectivity index (χ1) is 6.91. The highest BCUT2D eigenvalue weighted by Crippen LogP contribution is 2.17. The second-order valence-corrected chi connectivity index (χ2v) is 4.36. The number of nitrogens with one attached hydrogen (secondary N) is 1. The third-order valence-electron chi connectivity index (χ3n) is 1.99. The van der Waals surface area contributed by atoms with Crippen molar-refractivity contribution in [1.29, 1.82) is 5.41 Å². The molecule has 0 fully saturated rings. The van der Waals surface area contributed by atoms with Gasteiger partial charge in [0.1, 0.15) is 6.33 Å². The molecule has 0 aliphatic heterocycles. The summed E-state index contributed by atoms with van der Waals surface area (Å²) in [7, 11) is 0. The first-order valence-electron chi connectivity index (χ1n) is 4.74. The van der Waals surface area contributed by atoms with Crippen molar-refractivity contribution in [3.8, 4) is 0 Å². The summed E-state index contributed by atoms with van der Waals surface area (Å²) >= 11 is 0. The lowest BCUT2D eigenvalue weighted by molar-refractivity contribution is 0.591. The van der Waals surface area contributed by atoms with Gasteiger partial charge in [-0.15, -0.1) is 0 Å². The molecule has 0 bridgehead atoms. The first kappa shape index (κ1) is 11.4. The van der Waals surface area contributed by atoms with Crippen LogP contribution in [0.25, 0.3) is 5.70 Å². The van der Waals surface area contributed by atoms with Crippen LogP contribution in [0.1, 0.15) is 26.5 Å². The Hall–Kier alpha value is -1.71. The fraction of sp³-hybridized carbons (Fsp3) is 0.364. The quantitative estimate of drug-likeness (QED) is 0.722. The second-order valence-electron chi connectivity index (χ2n) is 4.36. The zero-order chi connectivity index (χ0) is 11.5. The van der Waals surface area contributed by atoms with Crippen LogP contribution in [0.3, 0.4) is 0 Å². The molecule has 0 spiro atoms. The van der Waals surface area contributed by atoms with E-state index in [0.717, 1.165) is 0 Å². The third-order valence-corrected chi connectivity index (χ3v) is 1.99. The van der Waals surface area contributed by atoms with Gasteiger partial charge in [-0.25, -0.2) is 9.97 Å². The summed E-state index contributed by atoms with van der Waals surface area (Å²) in [5.41, 5.74) is 7.26. The molecule has 1 heterocycles. The van der Waals surface area contributed by atoms with E-state index in [1.54, 1.807) is 18.3 Å². The second kappa shape index (κ2) is 4.21. The van der Waals surface area contributed by atoms with E-state index < -0.39 is 0 Å². The molecule has 80 valence electrons. The van der Waals surface area contributed by atoms with Crippen LogP contribution in [0.15, 0.2) is 24.7 Å². The summed E-state index contributed by atoms with van der Waals surface area (Å²) in [5.74, 6) is 0. The van der Waals surface area contributed by atoms with Gasteiger partial charge in [-0.2, -0.15) is 0 Å². The molecule has 0 aliphatic rings. The summed E-state index contributed by atoms with van der Waals surface area (Å²) in [5, 5.41) is 7.82. The number of aromatic nitrogens is 2. The molecule has 4 nitrogen and oxygen atoms in total. The highest BCUT2D eigenvalue weighted by molar-refractivity contribution is 6.01. The maximum absolute atomic E-state index is 7.82.